The van der Waals surface area contributed by atoms with Crippen LogP contribution in [0.2, 0.25) is 0 Å². The second-order valence-corrected chi connectivity index (χ2v) is 7.38. The zero-order valence-corrected chi connectivity index (χ0v) is 14.4. The molecule has 0 aliphatic heterocycles. The molecule has 1 aromatic rings. The minimum atomic E-state index is -3.90. The molecule has 0 aromatic heterocycles. The molecule has 1 rings (SSSR count). The smallest absolute Gasteiger partial charge is 0.341 e. The van der Waals surface area contributed by atoms with Gasteiger partial charge in [0.05, 0.1) is 14.2 Å². The van der Waals surface area contributed by atoms with Gasteiger partial charge in [0.1, 0.15) is 0 Å². The molecule has 0 spiro atoms. The molecule has 2 unspecified atom stereocenters. The molecule has 2 atom stereocenters. The largest absolute Gasteiger partial charge is 0.493 e. The van der Waals surface area contributed by atoms with E-state index in [4.69, 9.17) is 25.1 Å². The zero-order valence-electron chi connectivity index (χ0n) is 13.5. The highest BCUT2D eigenvalue weighted by atomic mass is 31.2. The zero-order chi connectivity index (χ0) is 18.3. The van der Waals surface area contributed by atoms with Gasteiger partial charge in [0.2, 0.25) is 13.1 Å². The number of nitrogens with two attached hydrogens (primary N) is 1. The van der Waals surface area contributed by atoms with Gasteiger partial charge in [-0.25, -0.2) is 4.79 Å². The van der Waals surface area contributed by atoms with E-state index in [9.17, 15) is 19.4 Å². The highest BCUT2D eigenvalue weighted by molar-refractivity contribution is 7.58. The lowest BCUT2D eigenvalue weighted by Gasteiger charge is -2.21. The molecule has 0 fully saturated rings. The van der Waals surface area contributed by atoms with Crippen LogP contribution in [0.5, 0.6) is 17.2 Å². The van der Waals surface area contributed by atoms with Crippen molar-refractivity contribution in [2.75, 3.05) is 33.5 Å². The molecule has 0 aliphatic rings. The Morgan fingerprint density at radius 3 is 2.25 bits per heavy atom. The first-order chi connectivity index (χ1) is 11.3. The number of ether oxygens (including phenoxy) is 3. The van der Waals surface area contributed by atoms with E-state index in [0.29, 0.717) is 6.42 Å². The Morgan fingerprint density at radius 1 is 1.29 bits per heavy atom. The van der Waals surface area contributed by atoms with Crippen molar-refractivity contribution in [2.24, 2.45) is 5.73 Å². The van der Waals surface area contributed by atoms with Gasteiger partial charge < -0.3 is 35.1 Å². The van der Waals surface area contributed by atoms with Crippen LogP contribution in [0.25, 0.3) is 0 Å². The summed E-state index contributed by atoms with van der Waals surface area (Å²) in [4.78, 5) is 20.7. The second kappa shape index (κ2) is 8.89. The van der Waals surface area contributed by atoms with E-state index >= 15 is 0 Å². The molecule has 10 heteroatoms. The number of methoxy groups -OCH3 is 2. The van der Waals surface area contributed by atoms with Crippen LogP contribution in [-0.4, -0.2) is 54.6 Å². The third-order valence-electron chi connectivity index (χ3n) is 3.19. The van der Waals surface area contributed by atoms with Gasteiger partial charge in [0, 0.05) is 6.16 Å². The molecule has 0 saturated heterocycles. The first kappa shape index (κ1) is 20.2. The fourth-order valence-corrected chi connectivity index (χ4v) is 3.49. The molecular weight excluding hydrogens is 341 g/mol. The van der Waals surface area contributed by atoms with Gasteiger partial charge in [0.15, 0.2) is 24.0 Å². The van der Waals surface area contributed by atoms with Crippen molar-refractivity contribution in [3.05, 3.63) is 17.7 Å². The maximum absolute atomic E-state index is 12.2. The van der Waals surface area contributed by atoms with Crippen LogP contribution in [0.3, 0.4) is 0 Å². The summed E-state index contributed by atoms with van der Waals surface area (Å²) >= 11 is 0. The van der Waals surface area contributed by atoms with Crippen molar-refractivity contribution in [2.45, 2.75) is 12.3 Å². The number of carboxylic acids is 1. The summed E-state index contributed by atoms with van der Waals surface area (Å²) in [6, 6.07) is 2.60. The predicted molar refractivity (Wildman–Crippen MR) is 86.0 cm³/mol. The fraction of sp³-hybridized carbons (Fsp3) is 0.500. The van der Waals surface area contributed by atoms with Crippen LogP contribution in [0, 0.1) is 0 Å². The molecule has 0 radical (unpaired) electrons. The SMILES string of the molecule is COc1cc(C(O)P(=O)(O)CCCN)cc(OC)c1OCC(=O)O. The van der Waals surface area contributed by atoms with Crippen molar-refractivity contribution in [1.82, 2.24) is 0 Å². The number of hydrogen-bond donors (Lipinski definition) is 4. The van der Waals surface area contributed by atoms with Crippen molar-refractivity contribution in [1.29, 1.82) is 0 Å². The Kier molecular flexibility index (Phi) is 7.50. The molecule has 136 valence electrons. The van der Waals surface area contributed by atoms with Crippen LogP contribution < -0.4 is 19.9 Å². The number of aliphatic hydroxyl groups excluding tert-OH is 1. The number of benzene rings is 1. The molecule has 0 amide bonds. The lowest BCUT2D eigenvalue weighted by molar-refractivity contribution is -0.139. The van der Waals surface area contributed by atoms with Gasteiger partial charge in [0.25, 0.3) is 0 Å². The quantitative estimate of drug-likeness (QED) is 0.442. The van der Waals surface area contributed by atoms with E-state index in [1.807, 2.05) is 0 Å². The Morgan fingerprint density at radius 2 is 1.83 bits per heavy atom. The van der Waals surface area contributed by atoms with Crippen LogP contribution in [-0.2, 0) is 9.36 Å². The molecule has 0 heterocycles. The van der Waals surface area contributed by atoms with Crippen LogP contribution in [0.15, 0.2) is 12.1 Å². The van der Waals surface area contributed by atoms with E-state index in [1.165, 1.54) is 26.4 Å². The van der Waals surface area contributed by atoms with Crippen LogP contribution in [0.4, 0.5) is 0 Å². The Balaban J connectivity index is 3.22. The molecule has 0 aliphatic carbocycles. The van der Waals surface area contributed by atoms with E-state index in [1.54, 1.807) is 0 Å². The number of carboxylic acid groups (broad SMARTS) is 1. The summed E-state index contributed by atoms with van der Waals surface area (Å²) in [6.07, 6.45) is 0.158. The van der Waals surface area contributed by atoms with Gasteiger partial charge >= 0.3 is 5.97 Å². The highest BCUT2D eigenvalue weighted by Gasteiger charge is 2.31. The maximum atomic E-state index is 12.2. The summed E-state index contributed by atoms with van der Waals surface area (Å²) < 4.78 is 27.6. The average Bonchev–Trinajstić information content (AvgIpc) is 2.56. The minimum absolute atomic E-state index is 0.0214. The van der Waals surface area contributed by atoms with Crippen molar-refractivity contribution in [3.63, 3.8) is 0 Å². The minimum Gasteiger partial charge on any atom is -0.493 e. The monoisotopic (exact) mass is 363 g/mol. The van der Waals surface area contributed by atoms with Crippen molar-refractivity contribution < 1.29 is 38.7 Å². The number of aliphatic carboxylic acids is 1. The van der Waals surface area contributed by atoms with Crippen molar-refractivity contribution >= 4 is 13.3 Å². The van der Waals surface area contributed by atoms with E-state index in [-0.39, 0.29) is 35.5 Å². The van der Waals surface area contributed by atoms with Gasteiger partial charge in [-0.2, -0.15) is 0 Å². The summed E-state index contributed by atoms with van der Waals surface area (Å²) in [5.74, 6) is -2.68. The third kappa shape index (κ3) is 5.10. The molecular formula is C14H22NO8P. The molecule has 1 aromatic carbocycles. The highest BCUT2D eigenvalue weighted by Crippen LogP contribution is 2.56. The van der Waals surface area contributed by atoms with Gasteiger partial charge in [-0.3, -0.25) is 4.57 Å². The molecule has 0 bridgehead atoms. The lowest BCUT2D eigenvalue weighted by atomic mass is 10.2. The van der Waals surface area contributed by atoms with E-state index in [2.05, 4.69) is 0 Å². The van der Waals surface area contributed by atoms with E-state index < -0.39 is 25.8 Å². The standard InChI is InChI=1S/C14H22NO8P/c1-21-10-6-9(14(18)24(19,20)5-3-4-15)7-11(22-2)13(10)23-8-12(16)17/h6-7,14,18H,3-5,8,15H2,1-2H3,(H,16,17)(H,19,20). The third-order valence-corrected chi connectivity index (χ3v) is 5.21. The normalized spacial score (nSPS) is 14.5. The Labute approximate surface area is 139 Å². The van der Waals surface area contributed by atoms with Gasteiger partial charge in [-0.15, -0.1) is 0 Å². The number of rotatable bonds is 10. The van der Waals surface area contributed by atoms with E-state index in [0.717, 1.165) is 0 Å². The average molecular weight is 363 g/mol. The maximum Gasteiger partial charge on any atom is 0.341 e. The summed E-state index contributed by atoms with van der Waals surface area (Å²) in [5, 5.41) is 18.9. The topological polar surface area (TPSA) is 149 Å². The first-order valence-electron chi connectivity index (χ1n) is 7.07. The molecule has 9 nitrogen and oxygen atoms in total. The van der Waals surface area contributed by atoms with Crippen LogP contribution in [0.1, 0.15) is 17.8 Å². The summed E-state index contributed by atoms with van der Waals surface area (Å²) in [7, 11) is -1.28. The van der Waals surface area contributed by atoms with Crippen LogP contribution >= 0.6 is 7.37 Å². The molecule has 24 heavy (non-hydrogen) atoms. The summed E-state index contributed by atoms with van der Waals surface area (Å²) in [5.41, 5.74) is 5.42. The molecule has 5 N–H and O–H groups in total. The van der Waals surface area contributed by atoms with Crippen molar-refractivity contribution in [3.8, 4) is 17.2 Å². The second-order valence-electron chi connectivity index (χ2n) is 4.93. The number of carbonyl (C=O) groups is 1. The lowest BCUT2D eigenvalue weighted by Crippen LogP contribution is -2.12. The van der Waals surface area contributed by atoms with Gasteiger partial charge in [-0.1, -0.05) is 0 Å². The predicted octanol–water partition coefficient (Wildman–Crippen LogP) is 0.777. The van der Waals surface area contributed by atoms with Gasteiger partial charge in [-0.05, 0) is 30.7 Å². The Bertz CT molecular complexity index is 596. The first-order valence-corrected chi connectivity index (χ1v) is 8.98. The Hall–Kier alpha value is -1.80. The summed E-state index contributed by atoms with van der Waals surface area (Å²) in [6.45, 7) is -0.393. The number of hydrogen-bond acceptors (Lipinski definition) is 7. The molecule has 0 saturated carbocycles. The number of aliphatic hydroxyl groups is 1. The fourth-order valence-electron chi connectivity index (χ4n) is 2.00.